The molecule has 1 aliphatic rings. The first kappa shape index (κ1) is 21.9. The molecule has 0 aliphatic carbocycles. The molecular weight excluding hydrogens is 413 g/mol. The van der Waals surface area contributed by atoms with Crippen molar-refractivity contribution in [3.63, 3.8) is 0 Å². The second-order valence-corrected chi connectivity index (χ2v) is 7.96. The van der Waals surface area contributed by atoms with Crippen molar-refractivity contribution in [1.82, 2.24) is 4.90 Å². The van der Waals surface area contributed by atoms with Crippen molar-refractivity contribution in [1.29, 1.82) is 0 Å². The van der Waals surface area contributed by atoms with Crippen molar-refractivity contribution >= 4 is 29.5 Å². The average molecular weight is 438 g/mol. The molecule has 0 bridgehead atoms. The highest BCUT2D eigenvalue weighted by atomic mass is 35.5. The predicted octanol–water partition coefficient (Wildman–Crippen LogP) is 4.02. The van der Waals surface area contributed by atoms with Gasteiger partial charge in [0.1, 0.15) is 36.6 Å². The summed E-state index contributed by atoms with van der Waals surface area (Å²) in [5.74, 6) is 1.41. The number of halogens is 2. The largest absolute Gasteiger partial charge is 0.491 e. The first-order valence-corrected chi connectivity index (χ1v) is 10.5. The lowest BCUT2D eigenvalue weighted by molar-refractivity contribution is -0.107. The van der Waals surface area contributed by atoms with Crippen LogP contribution in [-0.4, -0.2) is 54.7 Å². The van der Waals surface area contributed by atoms with Crippen LogP contribution in [0.1, 0.15) is 18.4 Å². The van der Waals surface area contributed by atoms with Gasteiger partial charge in [-0.2, -0.15) is 0 Å². The van der Waals surface area contributed by atoms with Crippen LogP contribution in [0, 0.1) is 0 Å². The number of β-amino-alcohol motifs (C(OH)–C–C–N with tert-alkyl or cyclic N) is 1. The number of ether oxygens (including phenoxy) is 2. The number of carbonyl (C=O) groups is 1. The van der Waals surface area contributed by atoms with E-state index in [0.29, 0.717) is 35.2 Å². The lowest BCUT2D eigenvalue weighted by Crippen LogP contribution is -2.35. The second-order valence-electron chi connectivity index (χ2n) is 7.14. The van der Waals surface area contributed by atoms with Gasteiger partial charge in [-0.25, -0.2) is 0 Å². The third-order valence-corrected chi connectivity index (χ3v) is 5.57. The molecule has 0 aromatic heterocycles. The number of para-hydroxylation sites is 1. The minimum Gasteiger partial charge on any atom is -0.491 e. The van der Waals surface area contributed by atoms with Crippen LogP contribution in [0.4, 0.5) is 0 Å². The fourth-order valence-electron chi connectivity index (χ4n) is 3.40. The molecular formula is C22H25Cl2NO4. The molecule has 7 heteroatoms. The molecule has 1 heterocycles. The fourth-order valence-corrected chi connectivity index (χ4v) is 3.69. The molecule has 29 heavy (non-hydrogen) atoms. The highest BCUT2D eigenvalue weighted by molar-refractivity contribution is 6.42. The molecule has 1 N–H and O–H groups in total. The molecule has 0 spiro atoms. The van der Waals surface area contributed by atoms with Crippen LogP contribution < -0.4 is 9.47 Å². The molecule has 1 saturated heterocycles. The maximum absolute atomic E-state index is 10.6. The van der Waals surface area contributed by atoms with Crippen molar-refractivity contribution in [3.05, 3.63) is 58.1 Å². The highest BCUT2D eigenvalue weighted by Gasteiger charge is 2.26. The normalized spacial score (nSPS) is 17.8. The molecule has 2 unspecified atom stereocenters. The number of aldehydes is 1. The number of likely N-dealkylation sites (tertiary alicyclic amines) is 1. The van der Waals surface area contributed by atoms with Crippen molar-refractivity contribution in [2.75, 3.05) is 26.2 Å². The summed E-state index contributed by atoms with van der Waals surface area (Å²) in [4.78, 5) is 12.8. The van der Waals surface area contributed by atoms with Crippen LogP contribution in [0.3, 0.4) is 0 Å². The first-order valence-electron chi connectivity index (χ1n) is 9.71. The minimum absolute atomic E-state index is 0.0458. The zero-order chi connectivity index (χ0) is 20.6. The topological polar surface area (TPSA) is 59.0 Å². The smallest absolute Gasteiger partial charge is 0.122 e. The monoisotopic (exact) mass is 437 g/mol. The molecule has 0 radical (unpaired) electrons. The van der Waals surface area contributed by atoms with E-state index in [1.165, 1.54) is 0 Å². The third kappa shape index (κ3) is 6.61. The van der Waals surface area contributed by atoms with Gasteiger partial charge in [-0.1, -0.05) is 41.4 Å². The molecule has 2 aromatic rings. The summed E-state index contributed by atoms with van der Waals surface area (Å²) >= 11 is 12.0. The summed E-state index contributed by atoms with van der Waals surface area (Å²) in [5, 5.41) is 11.4. The van der Waals surface area contributed by atoms with Gasteiger partial charge in [-0.3, -0.25) is 4.90 Å². The Morgan fingerprint density at radius 1 is 1.21 bits per heavy atom. The Hall–Kier alpha value is -1.79. The van der Waals surface area contributed by atoms with E-state index in [1.54, 1.807) is 12.1 Å². The van der Waals surface area contributed by atoms with Crippen LogP contribution in [0.25, 0.3) is 0 Å². The molecule has 2 aromatic carbocycles. The number of aryl methyl sites for hydroxylation is 1. The molecule has 2 atom stereocenters. The molecule has 1 fully saturated rings. The van der Waals surface area contributed by atoms with Crippen LogP contribution in [0.5, 0.6) is 11.5 Å². The van der Waals surface area contributed by atoms with E-state index < -0.39 is 6.10 Å². The second kappa shape index (κ2) is 10.8. The van der Waals surface area contributed by atoms with Crippen molar-refractivity contribution in [2.24, 2.45) is 0 Å². The van der Waals surface area contributed by atoms with Gasteiger partial charge in [-0.05, 0) is 36.6 Å². The fraction of sp³-hybridized carbons (Fsp3) is 0.409. The van der Waals surface area contributed by atoms with Gasteiger partial charge in [0, 0.05) is 32.1 Å². The summed E-state index contributed by atoms with van der Waals surface area (Å²) in [6.45, 7) is 2.29. The third-order valence-electron chi connectivity index (χ3n) is 4.83. The number of carbonyl (C=O) groups excluding carboxylic acids is 1. The molecule has 0 amide bonds. The average Bonchev–Trinajstić information content (AvgIpc) is 3.15. The van der Waals surface area contributed by atoms with Crippen molar-refractivity contribution in [3.8, 4) is 11.5 Å². The Morgan fingerprint density at radius 2 is 2.03 bits per heavy atom. The maximum atomic E-state index is 10.6. The maximum Gasteiger partial charge on any atom is 0.122 e. The van der Waals surface area contributed by atoms with Gasteiger partial charge < -0.3 is 19.4 Å². The number of hydrogen-bond donors (Lipinski definition) is 1. The van der Waals surface area contributed by atoms with Crippen LogP contribution in [0.2, 0.25) is 10.0 Å². The summed E-state index contributed by atoms with van der Waals surface area (Å²) in [6, 6.07) is 12.9. The first-order chi connectivity index (χ1) is 14.0. The molecule has 156 valence electrons. The van der Waals surface area contributed by atoms with Crippen LogP contribution in [-0.2, 0) is 11.2 Å². The lowest BCUT2D eigenvalue weighted by atomic mass is 10.1. The van der Waals surface area contributed by atoms with E-state index in [1.807, 2.05) is 30.3 Å². The van der Waals surface area contributed by atoms with E-state index in [-0.39, 0.29) is 12.7 Å². The van der Waals surface area contributed by atoms with E-state index in [9.17, 15) is 9.90 Å². The Labute approximate surface area is 181 Å². The highest BCUT2D eigenvalue weighted by Crippen LogP contribution is 2.28. The Bertz CT molecular complexity index is 817. The van der Waals surface area contributed by atoms with Gasteiger partial charge in [0.2, 0.25) is 0 Å². The van der Waals surface area contributed by atoms with E-state index >= 15 is 0 Å². The van der Waals surface area contributed by atoms with Crippen molar-refractivity contribution < 1.29 is 19.4 Å². The summed E-state index contributed by atoms with van der Waals surface area (Å²) < 4.78 is 11.8. The number of rotatable bonds is 10. The molecule has 1 aliphatic heterocycles. The Morgan fingerprint density at radius 3 is 2.83 bits per heavy atom. The number of hydrogen-bond acceptors (Lipinski definition) is 5. The lowest BCUT2D eigenvalue weighted by Gasteiger charge is -2.21. The van der Waals surface area contributed by atoms with E-state index in [4.69, 9.17) is 32.7 Å². The summed E-state index contributed by atoms with van der Waals surface area (Å²) in [5.41, 5.74) is 0.975. The molecule has 3 rings (SSSR count). The standard InChI is InChI=1S/C22H25Cl2NO4/c23-20-8-7-18(12-21(20)24)29-19-9-10-25(14-19)13-17(27)15-28-22-6-2-1-4-16(22)5-3-11-26/h1-2,4,6-8,11-12,17,19,27H,3,5,9-10,13-15H2. The zero-order valence-electron chi connectivity index (χ0n) is 16.1. The van der Waals surface area contributed by atoms with Gasteiger partial charge >= 0.3 is 0 Å². The SMILES string of the molecule is O=CCCc1ccccc1OCC(O)CN1CCC(Oc2ccc(Cl)c(Cl)c2)C1. The Balaban J connectivity index is 1.44. The summed E-state index contributed by atoms with van der Waals surface area (Å²) in [7, 11) is 0. The van der Waals surface area contributed by atoms with Gasteiger partial charge in [0.15, 0.2) is 0 Å². The van der Waals surface area contributed by atoms with Gasteiger partial charge in [-0.15, -0.1) is 0 Å². The van der Waals surface area contributed by atoms with Gasteiger partial charge in [0.25, 0.3) is 0 Å². The molecule has 0 saturated carbocycles. The number of nitrogens with zero attached hydrogens (tertiary/aromatic N) is 1. The van der Waals surface area contributed by atoms with Gasteiger partial charge in [0.05, 0.1) is 10.0 Å². The predicted molar refractivity (Wildman–Crippen MR) is 114 cm³/mol. The summed E-state index contributed by atoms with van der Waals surface area (Å²) in [6.07, 6.45) is 2.30. The number of benzene rings is 2. The quantitative estimate of drug-likeness (QED) is 0.568. The number of aliphatic hydroxyl groups excluding tert-OH is 1. The zero-order valence-corrected chi connectivity index (χ0v) is 17.6. The minimum atomic E-state index is -0.613. The number of aliphatic hydroxyl groups is 1. The van der Waals surface area contributed by atoms with Crippen molar-refractivity contribution in [2.45, 2.75) is 31.5 Å². The molecule has 5 nitrogen and oxygen atoms in total. The van der Waals surface area contributed by atoms with E-state index in [0.717, 1.165) is 37.1 Å². The van der Waals surface area contributed by atoms with Crippen LogP contribution >= 0.6 is 23.2 Å². The van der Waals surface area contributed by atoms with E-state index in [2.05, 4.69) is 4.90 Å². The van der Waals surface area contributed by atoms with Crippen LogP contribution in [0.15, 0.2) is 42.5 Å². The Kier molecular flexibility index (Phi) is 8.19.